The molecule has 0 spiro atoms. The summed E-state index contributed by atoms with van der Waals surface area (Å²) in [6, 6.07) is 16.1. The highest BCUT2D eigenvalue weighted by Crippen LogP contribution is 2.38. The van der Waals surface area contributed by atoms with E-state index >= 15 is 0 Å². The fourth-order valence-electron chi connectivity index (χ4n) is 4.73. The molecule has 0 bridgehead atoms. The second kappa shape index (κ2) is 7.06. The molecule has 136 valence electrons. The Morgan fingerprint density at radius 3 is 2.31 bits per heavy atom. The van der Waals surface area contributed by atoms with Gasteiger partial charge in [-0.2, -0.15) is 0 Å². The molecule has 0 nitrogen and oxygen atoms in total. The molecule has 0 heterocycles. The predicted octanol–water partition coefficient (Wildman–Crippen LogP) is 7.56. The number of allylic oxidation sites excluding steroid dienone is 1. The maximum Gasteiger partial charge on any atom is -0.00575 e. The van der Waals surface area contributed by atoms with Crippen LogP contribution in [0.25, 0.3) is 17.2 Å². The van der Waals surface area contributed by atoms with Gasteiger partial charge in [0.25, 0.3) is 0 Å². The molecule has 2 aromatic rings. The molecule has 1 fully saturated rings. The lowest BCUT2D eigenvalue weighted by Crippen LogP contribution is -2.10. The van der Waals surface area contributed by atoms with Crippen LogP contribution in [0.2, 0.25) is 0 Å². The summed E-state index contributed by atoms with van der Waals surface area (Å²) in [7, 11) is 0. The summed E-state index contributed by atoms with van der Waals surface area (Å²) in [5, 5.41) is 0. The van der Waals surface area contributed by atoms with Gasteiger partial charge in [0.2, 0.25) is 0 Å². The monoisotopic (exact) mass is 344 g/mol. The average molecular weight is 345 g/mol. The summed E-state index contributed by atoms with van der Waals surface area (Å²) in [4.78, 5) is 0. The van der Waals surface area contributed by atoms with Crippen molar-refractivity contribution in [2.24, 2.45) is 5.92 Å². The van der Waals surface area contributed by atoms with Crippen molar-refractivity contribution >= 4 is 6.08 Å². The number of fused-ring (bicyclic) bond motifs is 1. The molecular weight excluding hydrogens is 312 g/mol. The summed E-state index contributed by atoms with van der Waals surface area (Å²) in [5.74, 6) is 0.929. The predicted molar refractivity (Wildman–Crippen MR) is 113 cm³/mol. The quantitative estimate of drug-likeness (QED) is 0.539. The standard InChI is InChI=1S/C26H32/c1-26(2,3)23-14-12-21(13-15-23)24-11-7-10-22-17-20(18-25(22)24)16-19-8-5-4-6-9-19/h7,10-15,18-19H,4-6,8-9,16-17H2,1-3H3. The fourth-order valence-corrected chi connectivity index (χ4v) is 4.73. The van der Waals surface area contributed by atoms with E-state index in [1.54, 1.807) is 5.57 Å². The van der Waals surface area contributed by atoms with Gasteiger partial charge in [0.15, 0.2) is 0 Å². The van der Waals surface area contributed by atoms with Gasteiger partial charge >= 0.3 is 0 Å². The van der Waals surface area contributed by atoms with Crippen LogP contribution < -0.4 is 0 Å². The molecule has 26 heavy (non-hydrogen) atoms. The Kier molecular flexibility index (Phi) is 4.78. The van der Waals surface area contributed by atoms with Crippen molar-refractivity contribution in [3.8, 4) is 11.1 Å². The lowest BCUT2D eigenvalue weighted by Gasteiger charge is -2.21. The second-order valence-corrected chi connectivity index (χ2v) is 9.39. The van der Waals surface area contributed by atoms with Crippen LogP contribution in [0.1, 0.15) is 76.0 Å². The summed E-state index contributed by atoms with van der Waals surface area (Å²) < 4.78 is 0. The van der Waals surface area contributed by atoms with Gasteiger partial charge in [0, 0.05) is 0 Å². The first kappa shape index (κ1) is 17.6. The first-order valence-electron chi connectivity index (χ1n) is 10.4. The van der Waals surface area contributed by atoms with Crippen molar-refractivity contribution in [3.63, 3.8) is 0 Å². The molecule has 0 radical (unpaired) electrons. The van der Waals surface area contributed by atoms with Crippen LogP contribution in [-0.2, 0) is 11.8 Å². The number of benzene rings is 2. The lowest BCUT2D eigenvalue weighted by atomic mass is 9.84. The molecule has 0 N–H and O–H groups in total. The highest BCUT2D eigenvalue weighted by Gasteiger charge is 2.21. The van der Waals surface area contributed by atoms with Crippen LogP contribution in [0.15, 0.2) is 48.0 Å². The topological polar surface area (TPSA) is 0 Å². The lowest BCUT2D eigenvalue weighted by molar-refractivity contribution is 0.355. The molecule has 2 aromatic carbocycles. The van der Waals surface area contributed by atoms with Gasteiger partial charge < -0.3 is 0 Å². The SMILES string of the molecule is CC(C)(C)c1ccc(-c2cccc3c2C=C(CC2CCCCC2)C3)cc1. The molecule has 2 aliphatic carbocycles. The largest absolute Gasteiger partial charge is 0.0649 e. The minimum absolute atomic E-state index is 0.213. The third-order valence-corrected chi connectivity index (χ3v) is 6.30. The van der Waals surface area contributed by atoms with Crippen LogP contribution in [0.5, 0.6) is 0 Å². The third kappa shape index (κ3) is 3.65. The zero-order chi connectivity index (χ0) is 18.1. The van der Waals surface area contributed by atoms with Gasteiger partial charge in [0.05, 0.1) is 0 Å². The first-order chi connectivity index (χ1) is 12.5. The van der Waals surface area contributed by atoms with Crippen LogP contribution in [0.4, 0.5) is 0 Å². The minimum Gasteiger partial charge on any atom is -0.0649 e. The minimum atomic E-state index is 0.213. The van der Waals surface area contributed by atoms with Crippen molar-refractivity contribution < 1.29 is 0 Å². The maximum atomic E-state index is 2.51. The number of hydrogen-bond acceptors (Lipinski definition) is 0. The molecule has 1 saturated carbocycles. The Bertz CT molecular complexity index is 793. The van der Waals surface area contributed by atoms with E-state index in [0.29, 0.717) is 0 Å². The molecular formula is C26H32. The van der Waals surface area contributed by atoms with Crippen LogP contribution in [0.3, 0.4) is 0 Å². The van der Waals surface area contributed by atoms with E-state index in [4.69, 9.17) is 0 Å². The van der Waals surface area contributed by atoms with Gasteiger partial charge in [0.1, 0.15) is 0 Å². The van der Waals surface area contributed by atoms with E-state index in [9.17, 15) is 0 Å². The number of hydrogen-bond donors (Lipinski definition) is 0. The zero-order valence-corrected chi connectivity index (χ0v) is 16.6. The van der Waals surface area contributed by atoms with Crippen molar-refractivity contribution in [2.45, 2.75) is 71.1 Å². The molecule has 0 heteroatoms. The molecule has 0 aliphatic heterocycles. The molecule has 0 saturated heterocycles. The zero-order valence-electron chi connectivity index (χ0n) is 16.6. The normalized spacial score (nSPS) is 17.9. The second-order valence-electron chi connectivity index (χ2n) is 9.39. The van der Waals surface area contributed by atoms with Crippen molar-refractivity contribution in [3.05, 3.63) is 64.7 Å². The van der Waals surface area contributed by atoms with E-state index in [1.165, 1.54) is 72.8 Å². The Hall–Kier alpha value is -1.82. The molecule has 0 amide bonds. The van der Waals surface area contributed by atoms with Crippen molar-refractivity contribution in [1.29, 1.82) is 0 Å². The van der Waals surface area contributed by atoms with E-state index in [0.717, 1.165) is 5.92 Å². The van der Waals surface area contributed by atoms with Crippen LogP contribution in [0, 0.1) is 5.92 Å². The first-order valence-corrected chi connectivity index (χ1v) is 10.4. The fraction of sp³-hybridized carbons (Fsp3) is 0.462. The van der Waals surface area contributed by atoms with E-state index < -0.39 is 0 Å². The Balaban J connectivity index is 1.59. The Morgan fingerprint density at radius 2 is 1.62 bits per heavy atom. The Morgan fingerprint density at radius 1 is 0.885 bits per heavy atom. The molecule has 4 rings (SSSR count). The number of rotatable bonds is 3. The van der Waals surface area contributed by atoms with Gasteiger partial charge in [-0.3, -0.25) is 0 Å². The molecule has 0 unspecified atom stereocenters. The molecule has 0 atom stereocenters. The highest BCUT2D eigenvalue weighted by atomic mass is 14.3. The van der Waals surface area contributed by atoms with E-state index in [2.05, 4.69) is 69.3 Å². The summed E-state index contributed by atoms with van der Waals surface area (Å²) in [6.45, 7) is 6.84. The van der Waals surface area contributed by atoms with E-state index in [-0.39, 0.29) is 5.41 Å². The maximum absolute atomic E-state index is 2.51. The van der Waals surface area contributed by atoms with Crippen LogP contribution in [-0.4, -0.2) is 0 Å². The van der Waals surface area contributed by atoms with Crippen LogP contribution >= 0.6 is 0 Å². The smallest absolute Gasteiger partial charge is 0.00575 e. The van der Waals surface area contributed by atoms with Gasteiger partial charge in [-0.05, 0) is 52.0 Å². The van der Waals surface area contributed by atoms with Gasteiger partial charge in [-0.1, -0.05) is 107 Å². The molecule has 0 aromatic heterocycles. The highest BCUT2D eigenvalue weighted by molar-refractivity contribution is 5.80. The average Bonchev–Trinajstić information content (AvgIpc) is 3.04. The molecule has 2 aliphatic rings. The van der Waals surface area contributed by atoms with Gasteiger partial charge in [-0.15, -0.1) is 0 Å². The van der Waals surface area contributed by atoms with Crippen molar-refractivity contribution in [2.75, 3.05) is 0 Å². The van der Waals surface area contributed by atoms with Gasteiger partial charge in [-0.25, -0.2) is 0 Å². The Labute approximate surface area is 159 Å². The summed E-state index contributed by atoms with van der Waals surface area (Å²) in [6.07, 6.45) is 12.2. The summed E-state index contributed by atoms with van der Waals surface area (Å²) in [5.41, 5.74) is 9.03. The van der Waals surface area contributed by atoms with E-state index in [1.807, 2.05) is 0 Å². The van der Waals surface area contributed by atoms with Crippen molar-refractivity contribution in [1.82, 2.24) is 0 Å². The summed E-state index contributed by atoms with van der Waals surface area (Å²) >= 11 is 0. The third-order valence-electron chi connectivity index (χ3n) is 6.30.